The zero-order valence-electron chi connectivity index (χ0n) is 16.0. The van der Waals surface area contributed by atoms with Crippen molar-refractivity contribution in [1.29, 1.82) is 0 Å². The first-order chi connectivity index (χ1) is 12.2. The first kappa shape index (κ1) is 19.0. The van der Waals surface area contributed by atoms with Crippen molar-refractivity contribution < 1.29 is 24.1 Å². The molecule has 1 N–H and O–H groups in total. The van der Waals surface area contributed by atoms with Gasteiger partial charge in [0.05, 0.1) is 37.5 Å². The van der Waals surface area contributed by atoms with E-state index in [0.717, 1.165) is 11.3 Å². The van der Waals surface area contributed by atoms with Crippen LogP contribution in [0.15, 0.2) is 24.3 Å². The fourth-order valence-corrected chi connectivity index (χ4v) is 3.87. The van der Waals surface area contributed by atoms with E-state index in [1.807, 2.05) is 52.0 Å². The summed E-state index contributed by atoms with van der Waals surface area (Å²) in [6.45, 7) is 8.90. The van der Waals surface area contributed by atoms with E-state index in [0.29, 0.717) is 32.7 Å². The fraction of sp³-hybridized carbons (Fsp3) is 0.650. The fourth-order valence-electron chi connectivity index (χ4n) is 3.87. The largest absolute Gasteiger partial charge is 0.494 e. The van der Waals surface area contributed by atoms with E-state index in [1.54, 1.807) is 4.90 Å². The summed E-state index contributed by atoms with van der Waals surface area (Å²) in [5.74, 6) is 0.745. The van der Waals surface area contributed by atoms with Gasteiger partial charge in [-0.1, -0.05) is 12.1 Å². The van der Waals surface area contributed by atoms with Crippen LogP contribution in [0, 0.1) is 0 Å². The van der Waals surface area contributed by atoms with Crippen molar-refractivity contribution in [2.24, 2.45) is 0 Å². The molecule has 2 aliphatic heterocycles. The highest BCUT2D eigenvalue weighted by Crippen LogP contribution is 2.42. The van der Waals surface area contributed by atoms with Crippen LogP contribution in [0.2, 0.25) is 0 Å². The van der Waals surface area contributed by atoms with Crippen LogP contribution in [-0.4, -0.2) is 53.6 Å². The zero-order valence-corrected chi connectivity index (χ0v) is 16.0. The molecule has 6 heteroatoms. The van der Waals surface area contributed by atoms with E-state index in [2.05, 4.69) is 0 Å². The molecule has 0 saturated carbocycles. The van der Waals surface area contributed by atoms with Gasteiger partial charge in [0.2, 0.25) is 0 Å². The molecule has 3 rings (SSSR count). The number of ether oxygens (including phenoxy) is 3. The van der Waals surface area contributed by atoms with Gasteiger partial charge in [0.15, 0.2) is 0 Å². The number of benzene rings is 1. The van der Waals surface area contributed by atoms with Crippen molar-refractivity contribution in [3.63, 3.8) is 0 Å². The second kappa shape index (κ2) is 7.08. The van der Waals surface area contributed by atoms with Crippen molar-refractivity contribution in [3.8, 4) is 5.75 Å². The number of carbonyl (C=O) groups excluding carboxylic acids is 1. The minimum absolute atomic E-state index is 0.210. The lowest BCUT2D eigenvalue weighted by Gasteiger charge is -2.51. The summed E-state index contributed by atoms with van der Waals surface area (Å²) in [7, 11) is 0. The van der Waals surface area contributed by atoms with Gasteiger partial charge in [-0.3, -0.25) is 4.90 Å². The van der Waals surface area contributed by atoms with Gasteiger partial charge in [-0.2, -0.15) is 0 Å². The molecule has 0 aromatic heterocycles. The van der Waals surface area contributed by atoms with Crippen LogP contribution in [-0.2, 0) is 15.1 Å². The van der Waals surface area contributed by atoms with Crippen LogP contribution >= 0.6 is 0 Å². The van der Waals surface area contributed by atoms with Gasteiger partial charge < -0.3 is 19.3 Å². The van der Waals surface area contributed by atoms with Gasteiger partial charge in [-0.15, -0.1) is 0 Å². The summed E-state index contributed by atoms with van der Waals surface area (Å²) < 4.78 is 16.8. The second-order valence-electron chi connectivity index (χ2n) is 8.13. The first-order valence-corrected chi connectivity index (χ1v) is 9.26. The third-order valence-corrected chi connectivity index (χ3v) is 4.84. The molecule has 2 saturated heterocycles. The molecule has 1 aromatic rings. The number of hydrogen-bond donors (Lipinski definition) is 1. The predicted octanol–water partition coefficient (Wildman–Crippen LogP) is 3.07. The summed E-state index contributed by atoms with van der Waals surface area (Å²) >= 11 is 0. The van der Waals surface area contributed by atoms with E-state index < -0.39 is 11.2 Å². The molecule has 2 atom stereocenters. The number of rotatable bonds is 3. The summed E-state index contributed by atoms with van der Waals surface area (Å²) in [5.41, 5.74) is -0.736. The highest BCUT2D eigenvalue weighted by molar-refractivity contribution is 5.69. The highest BCUT2D eigenvalue weighted by atomic mass is 16.6. The van der Waals surface area contributed by atoms with Crippen LogP contribution in [0.25, 0.3) is 0 Å². The number of piperidine rings is 1. The molecule has 2 bridgehead atoms. The molecule has 1 amide bonds. The highest BCUT2D eigenvalue weighted by Gasteiger charge is 2.49. The minimum atomic E-state index is -1.01. The molecular formula is C20H29NO5. The van der Waals surface area contributed by atoms with Crippen molar-refractivity contribution in [2.75, 3.05) is 19.8 Å². The van der Waals surface area contributed by atoms with E-state index in [4.69, 9.17) is 14.2 Å². The maximum atomic E-state index is 12.7. The Bertz CT molecular complexity index is 640. The van der Waals surface area contributed by atoms with Crippen molar-refractivity contribution in [3.05, 3.63) is 29.8 Å². The van der Waals surface area contributed by atoms with Crippen molar-refractivity contribution in [1.82, 2.24) is 4.90 Å². The van der Waals surface area contributed by atoms with Crippen LogP contribution in [0.5, 0.6) is 5.75 Å². The van der Waals surface area contributed by atoms with E-state index in [-0.39, 0.29) is 18.2 Å². The molecule has 0 aliphatic carbocycles. The van der Waals surface area contributed by atoms with Gasteiger partial charge in [0.25, 0.3) is 0 Å². The molecule has 6 nitrogen and oxygen atoms in total. The third kappa shape index (κ3) is 3.96. The molecule has 0 radical (unpaired) electrons. The Morgan fingerprint density at radius 2 is 1.96 bits per heavy atom. The third-order valence-electron chi connectivity index (χ3n) is 4.84. The normalized spacial score (nSPS) is 28.6. The van der Waals surface area contributed by atoms with Crippen molar-refractivity contribution >= 4 is 6.09 Å². The van der Waals surface area contributed by atoms with Crippen LogP contribution in [0.4, 0.5) is 4.79 Å². The molecule has 1 aromatic carbocycles. The number of amides is 1. The number of aliphatic hydroxyl groups is 1. The second-order valence-corrected chi connectivity index (χ2v) is 8.13. The Morgan fingerprint density at radius 1 is 1.31 bits per heavy atom. The maximum absolute atomic E-state index is 12.7. The average molecular weight is 363 g/mol. The van der Waals surface area contributed by atoms with E-state index >= 15 is 0 Å². The number of hydrogen-bond acceptors (Lipinski definition) is 5. The van der Waals surface area contributed by atoms with Crippen LogP contribution in [0.3, 0.4) is 0 Å². The van der Waals surface area contributed by atoms with E-state index in [1.165, 1.54) is 0 Å². The molecule has 2 unspecified atom stereocenters. The number of morpholine rings is 1. The zero-order chi connectivity index (χ0) is 18.9. The number of carbonyl (C=O) groups is 1. The Hall–Kier alpha value is -1.79. The van der Waals surface area contributed by atoms with Crippen LogP contribution < -0.4 is 4.74 Å². The summed E-state index contributed by atoms with van der Waals surface area (Å²) in [6.07, 6.45) is 0.498. The average Bonchev–Trinajstić information content (AvgIpc) is 2.53. The molecule has 2 heterocycles. The monoisotopic (exact) mass is 363 g/mol. The quantitative estimate of drug-likeness (QED) is 0.894. The standard InChI is InChI=1S/C20H29NO5/c1-5-25-17-8-6-7-14(9-17)20(23)10-15-12-24-13-16(11-20)21(15)18(22)26-19(2,3)4/h6-9,15-16,23H,5,10-13H2,1-4H3. The smallest absolute Gasteiger partial charge is 0.410 e. The van der Waals surface area contributed by atoms with Gasteiger partial charge in [-0.05, 0) is 45.4 Å². The Labute approximate surface area is 155 Å². The van der Waals surface area contributed by atoms with Crippen molar-refractivity contribution in [2.45, 2.75) is 63.8 Å². The molecule has 2 aliphatic rings. The summed E-state index contributed by atoms with van der Waals surface area (Å²) in [4.78, 5) is 14.4. The van der Waals surface area contributed by atoms with Gasteiger partial charge in [0.1, 0.15) is 11.4 Å². The maximum Gasteiger partial charge on any atom is 0.410 e. The molecule has 144 valence electrons. The van der Waals surface area contributed by atoms with Gasteiger partial charge in [0, 0.05) is 12.8 Å². The number of nitrogens with zero attached hydrogens (tertiary/aromatic N) is 1. The lowest BCUT2D eigenvalue weighted by molar-refractivity contribution is -0.141. The predicted molar refractivity (Wildman–Crippen MR) is 97.2 cm³/mol. The van der Waals surface area contributed by atoms with Gasteiger partial charge >= 0.3 is 6.09 Å². The summed E-state index contributed by atoms with van der Waals surface area (Å²) in [5, 5.41) is 11.4. The lowest BCUT2D eigenvalue weighted by Crippen LogP contribution is -2.63. The number of fused-ring (bicyclic) bond motifs is 2. The topological polar surface area (TPSA) is 68.2 Å². The Kier molecular flexibility index (Phi) is 5.17. The first-order valence-electron chi connectivity index (χ1n) is 9.26. The lowest BCUT2D eigenvalue weighted by atomic mass is 9.77. The van der Waals surface area contributed by atoms with Crippen LogP contribution in [0.1, 0.15) is 46.1 Å². The SMILES string of the molecule is CCOc1cccc(C2(O)CC3COCC(C2)N3C(=O)OC(C)(C)C)c1. The molecule has 0 spiro atoms. The molecule has 2 fully saturated rings. The van der Waals surface area contributed by atoms with Gasteiger partial charge in [-0.25, -0.2) is 4.79 Å². The summed E-state index contributed by atoms with van der Waals surface area (Å²) in [6, 6.07) is 7.17. The minimum Gasteiger partial charge on any atom is -0.494 e. The Morgan fingerprint density at radius 3 is 2.54 bits per heavy atom. The molecule has 26 heavy (non-hydrogen) atoms. The Balaban J connectivity index is 1.82. The molecular weight excluding hydrogens is 334 g/mol. The van der Waals surface area contributed by atoms with E-state index in [9.17, 15) is 9.90 Å².